The van der Waals surface area contributed by atoms with Crippen molar-refractivity contribution in [3.63, 3.8) is 0 Å². The topological polar surface area (TPSA) is 52.1 Å². The molecule has 70 valence electrons. The highest BCUT2D eigenvalue weighted by molar-refractivity contribution is 5.86. The lowest BCUT2D eigenvalue weighted by molar-refractivity contribution is -0.131. The molecule has 0 aliphatic rings. The monoisotopic (exact) mass is 188 g/mol. The van der Waals surface area contributed by atoms with Gasteiger partial charge in [0.1, 0.15) is 0 Å². The molecule has 0 atom stereocenters. The van der Waals surface area contributed by atoms with Gasteiger partial charge in [-0.25, -0.2) is 0 Å². The molecule has 0 bridgehead atoms. The fourth-order valence-electron chi connectivity index (χ4n) is 1.22. The van der Waals surface area contributed by atoms with Crippen molar-refractivity contribution < 1.29 is 9.53 Å². The van der Waals surface area contributed by atoms with Crippen molar-refractivity contribution in [1.29, 1.82) is 0 Å². The Labute approximate surface area is 80.5 Å². The van der Waals surface area contributed by atoms with E-state index in [4.69, 9.17) is 4.74 Å². The van der Waals surface area contributed by atoms with Crippen LogP contribution in [0.4, 0.5) is 0 Å². The van der Waals surface area contributed by atoms with E-state index in [1.807, 2.05) is 24.3 Å². The molecule has 0 N–H and O–H groups in total. The second kappa shape index (κ2) is 3.41. The van der Waals surface area contributed by atoms with Crippen molar-refractivity contribution in [1.82, 2.24) is 10.2 Å². The molecule has 0 aliphatic heterocycles. The van der Waals surface area contributed by atoms with Gasteiger partial charge in [-0.05, 0) is 12.1 Å². The number of nitrogens with zero attached hydrogens (tertiary/aromatic N) is 2. The SMILES string of the molecule is CC(=O)Oc1cnnc2ccccc12. The van der Waals surface area contributed by atoms with Crippen molar-refractivity contribution in [3.05, 3.63) is 30.5 Å². The van der Waals surface area contributed by atoms with Crippen LogP contribution in [0, 0.1) is 0 Å². The molecule has 0 fully saturated rings. The molecule has 4 heteroatoms. The van der Waals surface area contributed by atoms with Gasteiger partial charge in [0.05, 0.1) is 11.7 Å². The van der Waals surface area contributed by atoms with Crippen LogP contribution < -0.4 is 4.74 Å². The Kier molecular flexibility index (Phi) is 2.10. The van der Waals surface area contributed by atoms with Crippen LogP contribution in [-0.2, 0) is 4.79 Å². The number of benzene rings is 1. The van der Waals surface area contributed by atoms with Gasteiger partial charge in [0.15, 0.2) is 5.75 Å². The van der Waals surface area contributed by atoms with Crippen molar-refractivity contribution in [2.24, 2.45) is 0 Å². The average molecular weight is 188 g/mol. The largest absolute Gasteiger partial charge is 0.424 e. The standard InChI is InChI=1S/C10H8N2O2/c1-7(13)14-10-6-11-12-9-5-3-2-4-8(9)10/h2-6H,1H3. The average Bonchev–Trinajstić information content (AvgIpc) is 2.18. The van der Waals surface area contributed by atoms with E-state index in [0.29, 0.717) is 11.3 Å². The number of hydrogen-bond acceptors (Lipinski definition) is 4. The lowest BCUT2D eigenvalue weighted by Gasteiger charge is -2.03. The second-order valence-electron chi connectivity index (χ2n) is 2.82. The van der Waals surface area contributed by atoms with Gasteiger partial charge in [0.25, 0.3) is 0 Å². The molecule has 2 aromatic rings. The minimum Gasteiger partial charge on any atom is -0.424 e. The number of hydrogen-bond donors (Lipinski definition) is 0. The van der Waals surface area contributed by atoms with Crippen LogP contribution in [0.25, 0.3) is 10.9 Å². The number of ether oxygens (including phenoxy) is 1. The first-order valence-electron chi connectivity index (χ1n) is 4.16. The summed E-state index contributed by atoms with van der Waals surface area (Å²) in [6.07, 6.45) is 1.43. The van der Waals surface area contributed by atoms with Crippen LogP contribution in [0.3, 0.4) is 0 Å². The minimum absolute atomic E-state index is 0.358. The predicted octanol–water partition coefficient (Wildman–Crippen LogP) is 1.56. The minimum atomic E-state index is -0.358. The molecule has 14 heavy (non-hydrogen) atoms. The van der Waals surface area contributed by atoms with Gasteiger partial charge >= 0.3 is 5.97 Å². The van der Waals surface area contributed by atoms with Crippen molar-refractivity contribution >= 4 is 16.9 Å². The lowest BCUT2D eigenvalue weighted by Crippen LogP contribution is -2.02. The molecule has 0 spiro atoms. The van der Waals surface area contributed by atoms with E-state index < -0.39 is 0 Å². The fraction of sp³-hybridized carbons (Fsp3) is 0.100. The highest BCUT2D eigenvalue weighted by Crippen LogP contribution is 2.21. The van der Waals surface area contributed by atoms with E-state index >= 15 is 0 Å². The van der Waals surface area contributed by atoms with Gasteiger partial charge in [0.2, 0.25) is 0 Å². The summed E-state index contributed by atoms with van der Waals surface area (Å²) in [6.45, 7) is 1.36. The molecule has 2 rings (SSSR count). The van der Waals surface area contributed by atoms with Crippen LogP contribution in [0.1, 0.15) is 6.92 Å². The summed E-state index contributed by atoms with van der Waals surface area (Å²) in [5, 5.41) is 8.44. The summed E-state index contributed by atoms with van der Waals surface area (Å²) >= 11 is 0. The van der Waals surface area contributed by atoms with Crippen molar-refractivity contribution in [2.45, 2.75) is 6.92 Å². The van der Waals surface area contributed by atoms with Gasteiger partial charge in [-0.3, -0.25) is 4.79 Å². The Morgan fingerprint density at radius 1 is 1.36 bits per heavy atom. The Morgan fingerprint density at radius 2 is 2.14 bits per heavy atom. The molecule has 0 amide bonds. The number of fused-ring (bicyclic) bond motifs is 1. The quantitative estimate of drug-likeness (QED) is 0.637. The van der Waals surface area contributed by atoms with Gasteiger partial charge in [-0.15, -0.1) is 0 Å². The Morgan fingerprint density at radius 3 is 2.93 bits per heavy atom. The van der Waals surface area contributed by atoms with Gasteiger partial charge in [-0.2, -0.15) is 10.2 Å². The van der Waals surface area contributed by atoms with Crippen molar-refractivity contribution in [3.8, 4) is 5.75 Å². The Balaban J connectivity index is 2.59. The normalized spacial score (nSPS) is 10.1. The maximum absolute atomic E-state index is 10.8. The molecule has 0 saturated heterocycles. The number of carbonyl (C=O) groups excluding carboxylic acids is 1. The highest BCUT2D eigenvalue weighted by Gasteiger charge is 2.04. The number of rotatable bonds is 1. The fourth-order valence-corrected chi connectivity index (χ4v) is 1.22. The first-order valence-corrected chi connectivity index (χ1v) is 4.16. The number of aromatic nitrogens is 2. The van der Waals surface area contributed by atoms with Crippen LogP contribution in [0.15, 0.2) is 30.5 Å². The lowest BCUT2D eigenvalue weighted by atomic mass is 10.2. The third-order valence-corrected chi connectivity index (χ3v) is 1.76. The summed E-state index contributed by atoms with van der Waals surface area (Å²) in [5.41, 5.74) is 0.714. The van der Waals surface area contributed by atoms with Crippen LogP contribution in [-0.4, -0.2) is 16.2 Å². The predicted molar refractivity (Wildman–Crippen MR) is 50.8 cm³/mol. The highest BCUT2D eigenvalue weighted by atomic mass is 16.5. The molecule has 1 heterocycles. The molecular weight excluding hydrogens is 180 g/mol. The first-order chi connectivity index (χ1) is 6.77. The van der Waals surface area contributed by atoms with E-state index in [0.717, 1.165) is 5.39 Å². The number of esters is 1. The molecule has 1 aromatic carbocycles. The zero-order chi connectivity index (χ0) is 9.97. The molecule has 0 saturated carbocycles. The van der Waals surface area contributed by atoms with Crippen molar-refractivity contribution in [2.75, 3.05) is 0 Å². The summed E-state index contributed by atoms with van der Waals surface area (Å²) in [5.74, 6) is 0.0891. The molecular formula is C10H8N2O2. The molecule has 1 aromatic heterocycles. The van der Waals surface area contributed by atoms with E-state index in [2.05, 4.69) is 10.2 Å². The van der Waals surface area contributed by atoms with E-state index in [1.54, 1.807) is 0 Å². The van der Waals surface area contributed by atoms with Gasteiger partial charge in [0, 0.05) is 12.3 Å². The summed E-state index contributed by atoms with van der Waals surface area (Å²) in [4.78, 5) is 10.8. The second-order valence-corrected chi connectivity index (χ2v) is 2.82. The molecule has 4 nitrogen and oxygen atoms in total. The summed E-state index contributed by atoms with van der Waals surface area (Å²) in [6, 6.07) is 7.36. The van der Waals surface area contributed by atoms with E-state index in [-0.39, 0.29) is 5.97 Å². The first kappa shape index (κ1) is 8.62. The third-order valence-electron chi connectivity index (χ3n) is 1.76. The summed E-state index contributed by atoms with van der Waals surface area (Å²) < 4.78 is 4.99. The maximum atomic E-state index is 10.8. The zero-order valence-electron chi connectivity index (χ0n) is 7.60. The Hall–Kier alpha value is -1.97. The molecule has 0 aliphatic carbocycles. The van der Waals surface area contributed by atoms with Crippen LogP contribution in [0.5, 0.6) is 5.75 Å². The van der Waals surface area contributed by atoms with Crippen LogP contribution >= 0.6 is 0 Å². The van der Waals surface area contributed by atoms with Gasteiger partial charge in [-0.1, -0.05) is 12.1 Å². The maximum Gasteiger partial charge on any atom is 0.308 e. The molecule has 0 unspecified atom stereocenters. The molecule has 0 radical (unpaired) electrons. The van der Waals surface area contributed by atoms with E-state index in [9.17, 15) is 4.79 Å². The summed E-state index contributed by atoms with van der Waals surface area (Å²) in [7, 11) is 0. The number of carbonyl (C=O) groups is 1. The zero-order valence-corrected chi connectivity index (χ0v) is 7.60. The van der Waals surface area contributed by atoms with Crippen LogP contribution in [0.2, 0.25) is 0 Å². The smallest absolute Gasteiger partial charge is 0.308 e. The third kappa shape index (κ3) is 1.54. The van der Waals surface area contributed by atoms with E-state index in [1.165, 1.54) is 13.1 Å². The van der Waals surface area contributed by atoms with Gasteiger partial charge < -0.3 is 4.74 Å². The Bertz CT molecular complexity index is 477.